The molecule has 1 amide bonds. The van der Waals surface area contributed by atoms with Gasteiger partial charge < -0.3 is 15.8 Å². The van der Waals surface area contributed by atoms with Crippen LogP contribution in [-0.4, -0.2) is 24.3 Å². The van der Waals surface area contributed by atoms with Crippen LogP contribution in [0.1, 0.15) is 20.3 Å². The summed E-state index contributed by atoms with van der Waals surface area (Å²) >= 11 is 0. The summed E-state index contributed by atoms with van der Waals surface area (Å²) in [6.45, 7) is 4.31. The third-order valence-electron chi connectivity index (χ3n) is 1.72. The molecule has 0 aliphatic carbocycles. The second-order valence-electron chi connectivity index (χ2n) is 3.48. The number of hydrogen-bond donors (Lipinski definition) is 2. The van der Waals surface area contributed by atoms with E-state index in [1.54, 1.807) is 0 Å². The van der Waals surface area contributed by atoms with Crippen molar-refractivity contribution in [1.82, 2.24) is 5.32 Å². The summed E-state index contributed by atoms with van der Waals surface area (Å²) in [6.07, 6.45) is 0.283. The third-order valence-corrected chi connectivity index (χ3v) is 1.72. The fourth-order valence-electron chi connectivity index (χ4n) is 1.25. The topological polar surface area (TPSA) is 64.3 Å². The van der Waals surface area contributed by atoms with E-state index >= 15 is 0 Å². The standard InChI is InChI=1S/C7H14N2O2.ClH/c1-7(2)3-5(4-8)11-6(10)9-7;/h5H,3-4,8H2,1-2H3,(H,9,10);1H. The van der Waals surface area contributed by atoms with Crippen LogP contribution in [0.25, 0.3) is 0 Å². The van der Waals surface area contributed by atoms with E-state index in [9.17, 15) is 4.79 Å². The van der Waals surface area contributed by atoms with Crippen LogP contribution in [0.15, 0.2) is 0 Å². The smallest absolute Gasteiger partial charge is 0.407 e. The number of nitrogens with two attached hydrogens (primary N) is 1. The average Bonchev–Trinajstić information content (AvgIpc) is 1.83. The van der Waals surface area contributed by atoms with Crippen LogP contribution in [0, 0.1) is 0 Å². The summed E-state index contributed by atoms with van der Waals surface area (Å²) in [5.41, 5.74) is 5.20. The van der Waals surface area contributed by atoms with Crippen molar-refractivity contribution in [2.75, 3.05) is 6.54 Å². The molecule has 1 unspecified atom stereocenters. The van der Waals surface area contributed by atoms with Gasteiger partial charge in [0.2, 0.25) is 0 Å². The molecular weight excluding hydrogens is 180 g/mol. The second kappa shape index (κ2) is 3.96. The molecule has 1 atom stereocenters. The zero-order chi connectivity index (χ0) is 8.48. The number of carbonyl (C=O) groups excluding carboxylic acids is 1. The van der Waals surface area contributed by atoms with Crippen molar-refractivity contribution in [3.8, 4) is 0 Å². The zero-order valence-corrected chi connectivity index (χ0v) is 8.11. The summed E-state index contributed by atoms with van der Waals surface area (Å²) < 4.78 is 4.90. The lowest BCUT2D eigenvalue weighted by atomic mass is 9.95. The van der Waals surface area contributed by atoms with Gasteiger partial charge in [0.25, 0.3) is 0 Å². The van der Waals surface area contributed by atoms with Crippen molar-refractivity contribution >= 4 is 18.5 Å². The fraction of sp³-hybridized carbons (Fsp3) is 0.857. The Hall–Kier alpha value is -0.480. The molecule has 1 rings (SSSR count). The van der Waals surface area contributed by atoms with E-state index in [-0.39, 0.29) is 30.1 Å². The number of carbonyl (C=O) groups is 1. The van der Waals surface area contributed by atoms with Gasteiger partial charge in [0.1, 0.15) is 6.10 Å². The molecule has 0 radical (unpaired) electrons. The molecule has 72 valence electrons. The number of rotatable bonds is 1. The molecule has 1 fully saturated rings. The van der Waals surface area contributed by atoms with Crippen molar-refractivity contribution in [2.45, 2.75) is 31.9 Å². The molecular formula is C7H15ClN2O2. The molecule has 3 N–H and O–H groups in total. The quantitative estimate of drug-likeness (QED) is 0.644. The lowest BCUT2D eigenvalue weighted by Crippen LogP contribution is -2.53. The van der Waals surface area contributed by atoms with E-state index in [1.165, 1.54) is 0 Å². The number of hydrogen-bond acceptors (Lipinski definition) is 3. The average molecular weight is 195 g/mol. The first-order valence-corrected chi connectivity index (χ1v) is 3.72. The molecule has 4 nitrogen and oxygen atoms in total. The molecule has 0 bridgehead atoms. The summed E-state index contributed by atoms with van der Waals surface area (Å²) in [7, 11) is 0. The minimum absolute atomic E-state index is 0. The SMILES string of the molecule is CC1(C)CC(CN)OC(=O)N1.Cl. The van der Waals surface area contributed by atoms with Gasteiger partial charge in [-0.1, -0.05) is 0 Å². The van der Waals surface area contributed by atoms with E-state index in [0.717, 1.165) is 6.42 Å². The summed E-state index contributed by atoms with van der Waals surface area (Å²) in [5, 5.41) is 2.70. The summed E-state index contributed by atoms with van der Waals surface area (Å²) in [4.78, 5) is 10.9. The highest BCUT2D eigenvalue weighted by atomic mass is 35.5. The normalized spacial score (nSPS) is 26.6. The third kappa shape index (κ3) is 2.87. The van der Waals surface area contributed by atoms with Gasteiger partial charge in [-0.25, -0.2) is 4.79 Å². The highest BCUT2D eigenvalue weighted by Crippen LogP contribution is 2.18. The van der Waals surface area contributed by atoms with Gasteiger partial charge in [-0.05, 0) is 13.8 Å². The van der Waals surface area contributed by atoms with Crippen molar-refractivity contribution in [3.05, 3.63) is 0 Å². The van der Waals surface area contributed by atoms with Gasteiger partial charge in [0, 0.05) is 18.5 Å². The number of halogens is 1. The van der Waals surface area contributed by atoms with Gasteiger partial charge in [0.15, 0.2) is 0 Å². The van der Waals surface area contributed by atoms with E-state index in [4.69, 9.17) is 10.5 Å². The molecule has 0 aromatic heterocycles. The predicted molar refractivity (Wildman–Crippen MR) is 48.4 cm³/mol. The number of ether oxygens (including phenoxy) is 1. The zero-order valence-electron chi connectivity index (χ0n) is 7.29. The van der Waals surface area contributed by atoms with E-state index in [0.29, 0.717) is 6.54 Å². The first kappa shape index (κ1) is 11.5. The number of alkyl carbamates (subject to hydrolysis) is 1. The Bertz CT molecular complexity index is 173. The molecule has 1 heterocycles. The van der Waals surface area contributed by atoms with Crippen molar-refractivity contribution in [1.29, 1.82) is 0 Å². The van der Waals surface area contributed by atoms with E-state index in [2.05, 4.69) is 5.32 Å². The van der Waals surface area contributed by atoms with Crippen molar-refractivity contribution in [2.24, 2.45) is 5.73 Å². The minimum atomic E-state index is -0.364. The Kier molecular flexibility index (Phi) is 3.80. The van der Waals surface area contributed by atoms with Crippen LogP contribution in [0.5, 0.6) is 0 Å². The van der Waals surface area contributed by atoms with Crippen LogP contribution >= 0.6 is 12.4 Å². The number of cyclic esters (lactones) is 1. The molecule has 0 saturated carbocycles. The van der Waals surface area contributed by atoms with E-state index in [1.807, 2.05) is 13.8 Å². The fourth-order valence-corrected chi connectivity index (χ4v) is 1.25. The predicted octanol–water partition coefficient (Wildman–Crippen LogP) is 0.644. The molecule has 1 aliphatic heterocycles. The Morgan fingerprint density at radius 2 is 2.33 bits per heavy atom. The van der Waals surface area contributed by atoms with Crippen LogP contribution in [0.3, 0.4) is 0 Å². The Morgan fingerprint density at radius 1 is 1.75 bits per heavy atom. The highest BCUT2D eigenvalue weighted by molar-refractivity contribution is 5.85. The molecule has 1 saturated heterocycles. The minimum Gasteiger partial charge on any atom is -0.445 e. The number of nitrogens with one attached hydrogen (secondary N) is 1. The maximum Gasteiger partial charge on any atom is 0.407 e. The lowest BCUT2D eigenvalue weighted by molar-refractivity contribution is 0.0454. The van der Waals surface area contributed by atoms with Crippen LogP contribution in [0.2, 0.25) is 0 Å². The number of amides is 1. The molecule has 0 aromatic carbocycles. The van der Waals surface area contributed by atoms with Crippen LogP contribution in [-0.2, 0) is 4.74 Å². The monoisotopic (exact) mass is 194 g/mol. The molecule has 0 aromatic rings. The van der Waals surface area contributed by atoms with Gasteiger partial charge in [-0.3, -0.25) is 0 Å². The summed E-state index contributed by atoms with van der Waals surface area (Å²) in [6, 6.07) is 0. The first-order valence-electron chi connectivity index (χ1n) is 3.72. The molecule has 12 heavy (non-hydrogen) atoms. The van der Waals surface area contributed by atoms with Crippen LogP contribution in [0.4, 0.5) is 4.79 Å². The van der Waals surface area contributed by atoms with E-state index < -0.39 is 0 Å². The highest BCUT2D eigenvalue weighted by Gasteiger charge is 2.32. The Morgan fingerprint density at radius 3 is 2.75 bits per heavy atom. The summed E-state index contributed by atoms with van der Waals surface area (Å²) in [5.74, 6) is 0. The molecule has 5 heteroatoms. The van der Waals surface area contributed by atoms with Crippen molar-refractivity contribution in [3.63, 3.8) is 0 Å². The molecule has 0 spiro atoms. The Labute approximate surface area is 78.2 Å². The first-order chi connectivity index (χ1) is 5.03. The Balaban J connectivity index is 0.00000121. The largest absolute Gasteiger partial charge is 0.445 e. The van der Waals surface area contributed by atoms with Crippen LogP contribution < -0.4 is 11.1 Å². The molecule has 1 aliphatic rings. The van der Waals surface area contributed by atoms with Crippen molar-refractivity contribution < 1.29 is 9.53 Å². The second-order valence-corrected chi connectivity index (χ2v) is 3.48. The lowest BCUT2D eigenvalue weighted by Gasteiger charge is -2.35. The van der Waals surface area contributed by atoms with Gasteiger partial charge in [-0.2, -0.15) is 0 Å². The maximum absolute atomic E-state index is 10.9. The van der Waals surface area contributed by atoms with Gasteiger partial charge in [0.05, 0.1) is 0 Å². The van der Waals surface area contributed by atoms with Gasteiger partial charge in [-0.15, -0.1) is 12.4 Å². The van der Waals surface area contributed by atoms with Gasteiger partial charge >= 0.3 is 6.09 Å². The maximum atomic E-state index is 10.9.